The van der Waals surface area contributed by atoms with Gasteiger partial charge in [0, 0.05) is 23.5 Å². The fraction of sp³-hybridized carbons (Fsp3) is 0.447. The number of alkyl carbamates (subject to hydrolysis) is 2. The number of nitrogens with zero attached hydrogens (tertiary/aromatic N) is 4. The predicted octanol–water partition coefficient (Wildman–Crippen LogP) is 8.05. The molecule has 0 unspecified atom stereocenters. The molecule has 326 valence electrons. The molecule has 62 heavy (non-hydrogen) atoms. The number of fused-ring (bicyclic) bond motifs is 1. The van der Waals surface area contributed by atoms with Crippen molar-refractivity contribution in [3.8, 4) is 33.4 Å². The third-order valence-electron chi connectivity index (χ3n) is 11.6. The number of hydrogen-bond donors (Lipinski definition) is 4. The van der Waals surface area contributed by atoms with Crippen LogP contribution >= 0.6 is 11.3 Å². The molecular formula is C47H56N8O6S. The predicted molar refractivity (Wildman–Crippen MR) is 239 cm³/mol. The maximum absolute atomic E-state index is 13.7. The molecule has 6 atom stereocenters. The van der Waals surface area contributed by atoms with Gasteiger partial charge in [-0.1, -0.05) is 83.9 Å². The normalized spacial score (nSPS) is 19.6. The molecule has 0 aliphatic carbocycles. The minimum atomic E-state index is -0.704. The van der Waals surface area contributed by atoms with E-state index in [1.54, 1.807) is 24.5 Å². The Labute approximate surface area is 366 Å². The van der Waals surface area contributed by atoms with Crippen molar-refractivity contribution in [2.45, 2.75) is 85.5 Å². The lowest BCUT2D eigenvalue weighted by Gasteiger charge is -2.30. The summed E-state index contributed by atoms with van der Waals surface area (Å²) < 4.78 is 9.84. The summed E-state index contributed by atoms with van der Waals surface area (Å²) in [6, 6.07) is 16.8. The number of hydrogen-bond acceptors (Lipinski definition) is 9. The average molecular weight is 861 g/mol. The van der Waals surface area contributed by atoms with Crippen LogP contribution in [0.3, 0.4) is 0 Å². The molecule has 0 radical (unpaired) electrons. The van der Waals surface area contributed by atoms with Gasteiger partial charge in [0.2, 0.25) is 11.8 Å². The lowest BCUT2D eigenvalue weighted by molar-refractivity contribution is -0.136. The molecule has 2 saturated heterocycles. The third kappa shape index (κ3) is 9.65. The van der Waals surface area contributed by atoms with Gasteiger partial charge in [0.1, 0.15) is 34.3 Å². The SMILES string of the molecule is CCOC(=O)N[C@H](C(=O)N1C[C@@H](C)C[C@H]1c1ncc(C#Cc2ccc(-c3ccc(-c4cc5[nH]c([C@@H]6C[C@H](C)CN6C(=O)[C@@H](NC(=O)OC)C(C)C)nc5s4)cc3)cc2)[nH]1)C(C)C. The number of thiophene rings is 1. The molecule has 0 spiro atoms. The van der Waals surface area contributed by atoms with Crippen LogP contribution in [0.15, 0.2) is 60.8 Å². The first-order valence-corrected chi connectivity index (χ1v) is 22.2. The van der Waals surface area contributed by atoms with Crippen LogP contribution in [0.1, 0.15) is 96.3 Å². The average Bonchev–Trinajstić information content (AvgIpc) is 4.10. The molecule has 2 aliphatic heterocycles. The van der Waals surface area contributed by atoms with Crippen LogP contribution in [0.2, 0.25) is 0 Å². The summed E-state index contributed by atoms with van der Waals surface area (Å²) >= 11 is 1.61. The number of aromatic nitrogens is 4. The van der Waals surface area contributed by atoms with E-state index in [0.29, 0.717) is 30.5 Å². The minimum absolute atomic E-state index is 0.107. The molecule has 0 bridgehead atoms. The Hall–Kier alpha value is -6.14. The lowest BCUT2D eigenvalue weighted by Crippen LogP contribution is -2.51. The number of amides is 4. The number of likely N-dealkylation sites (tertiary alicyclic amines) is 2. The van der Waals surface area contributed by atoms with E-state index in [1.807, 2.05) is 49.6 Å². The Morgan fingerprint density at radius 2 is 1.34 bits per heavy atom. The summed E-state index contributed by atoms with van der Waals surface area (Å²) in [6.07, 6.45) is 2.02. The second kappa shape index (κ2) is 18.9. The Bertz CT molecular complexity index is 2430. The number of ether oxygens (including phenoxy) is 2. The van der Waals surface area contributed by atoms with Gasteiger partial charge in [-0.25, -0.2) is 19.6 Å². The van der Waals surface area contributed by atoms with Gasteiger partial charge in [0.25, 0.3) is 0 Å². The Kier molecular flexibility index (Phi) is 13.4. The molecule has 2 aliphatic rings. The summed E-state index contributed by atoms with van der Waals surface area (Å²) in [6.45, 7) is 15.0. The number of H-pyrrole nitrogens is 2. The number of imidazole rings is 2. The van der Waals surface area contributed by atoms with E-state index in [-0.39, 0.29) is 48.3 Å². The van der Waals surface area contributed by atoms with E-state index in [0.717, 1.165) is 56.1 Å². The first kappa shape index (κ1) is 43.9. The molecule has 14 nitrogen and oxygen atoms in total. The van der Waals surface area contributed by atoms with E-state index in [2.05, 4.69) is 93.7 Å². The first-order valence-electron chi connectivity index (χ1n) is 21.4. The zero-order chi connectivity index (χ0) is 44.2. The summed E-state index contributed by atoms with van der Waals surface area (Å²) in [5.74, 6) is 7.92. The van der Waals surface area contributed by atoms with Crippen LogP contribution < -0.4 is 10.6 Å². The van der Waals surface area contributed by atoms with Crippen LogP contribution in [0, 0.1) is 35.5 Å². The number of carbonyl (C=O) groups is 4. The fourth-order valence-corrected chi connectivity index (χ4v) is 9.38. The van der Waals surface area contributed by atoms with Crippen molar-refractivity contribution in [2.24, 2.45) is 23.7 Å². The number of carbonyl (C=O) groups excluding carboxylic acids is 4. The Morgan fingerprint density at radius 3 is 1.89 bits per heavy atom. The van der Waals surface area contributed by atoms with Crippen LogP contribution in [0.4, 0.5) is 9.59 Å². The van der Waals surface area contributed by atoms with E-state index in [4.69, 9.17) is 14.5 Å². The molecule has 15 heteroatoms. The fourth-order valence-electron chi connectivity index (χ4n) is 8.38. The number of benzene rings is 2. The molecule has 2 aromatic carbocycles. The Morgan fingerprint density at radius 1 is 0.790 bits per heavy atom. The molecule has 0 saturated carbocycles. The van der Waals surface area contributed by atoms with Gasteiger partial charge < -0.3 is 39.9 Å². The van der Waals surface area contributed by atoms with Gasteiger partial charge in [0.05, 0.1) is 37.5 Å². The van der Waals surface area contributed by atoms with E-state index in [1.165, 1.54) is 7.11 Å². The highest BCUT2D eigenvalue weighted by Gasteiger charge is 2.41. The van der Waals surface area contributed by atoms with Gasteiger partial charge in [-0.2, -0.15) is 0 Å². The highest BCUT2D eigenvalue weighted by Crippen LogP contribution is 2.39. The molecule has 2 fully saturated rings. The molecule has 4 N–H and O–H groups in total. The monoisotopic (exact) mass is 860 g/mol. The largest absolute Gasteiger partial charge is 0.453 e. The van der Waals surface area contributed by atoms with Crippen molar-refractivity contribution >= 4 is 45.7 Å². The number of methoxy groups -OCH3 is 1. The van der Waals surface area contributed by atoms with E-state index >= 15 is 0 Å². The van der Waals surface area contributed by atoms with Gasteiger partial charge in [0.15, 0.2) is 0 Å². The van der Waals surface area contributed by atoms with Gasteiger partial charge >= 0.3 is 12.2 Å². The van der Waals surface area contributed by atoms with Crippen molar-refractivity contribution < 1.29 is 28.7 Å². The molecule has 5 heterocycles. The van der Waals surface area contributed by atoms with E-state index < -0.39 is 24.3 Å². The maximum atomic E-state index is 13.7. The minimum Gasteiger partial charge on any atom is -0.453 e. The van der Waals surface area contributed by atoms with Crippen molar-refractivity contribution in [3.63, 3.8) is 0 Å². The molecular weight excluding hydrogens is 805 g/mol. The van der Waals surface area contributed by atoms with Crippen LogP contribution in [-0.2, 0) is 19.1 Å². The number of rotatable bonds is 11. The second-order valence-corrected chi connectivity index (χ2v) is 18.2. The third-order valence-corrected chi connectivity index (χ3v) is 12.7. The summed E-state index contributed by atoms with van der Waals surface area (Å²) in [5.41, 5.74) is 5.67. The topological polar surface area (TPSA) is 175 Å². The summed E-state index contributed by atoms with van der Waals surface area (Å²) in [5, 5.41) is 5.47. The molecule has 3 aromatic heterocycles. The van der Waals surface area contributed by atoms with E-state index in [9.17, 15) is 19.2 Å². The quantitative estimate of drug-likeness (QED) is 0.0966. The first-order chi connectivity index (χ1) is 29.7. The maximum Gasteiger partial charge on any atom is 0.407 e. The molecule has 4 amide bonds. The number of aromatic amines is 2. The summed E-state index contributed by atoms with van der Waals surface area (Å²) in [4.78, 5) is 73.7. The van der Waals surface area contributed by atoms with Crippen molar-refractivity contribution in [1.29, 1.82) is 0 Å². The van der Waals surface area contributed by atoms with Gasteiger partial charge in [-0.05, 0) is 84.2 Å². The lowest BCUT2D eigenvalue weighted by atomic mass is 10.0. The zero-order valence-corrected chi connectivity index (χ0v) is 37.4. The standard InChI is InChI=1S/C47H56N8O6S/c1-9-61-47(59)52-40(27(4)5)45(57)54-24-28(6)20-36(54)41-48-23-34(49-41)19-12-30-10-13-31(14-11-30)32-15-17-33(18-16-32)38-22-35-43(62-38)53-42(50-35)37-21-29(7)25-55(37)44(56)39(26(2)3)51-46(58)60-8/h10-11,13-18,22-23,26-29,36-37,39-40H,9,20-21,24-25H2,1-8H3,(H,48,49)(H,50,53)(H,51,58)(H,52,59)/t28-,29-,36-,37-,39-,40-/m0/s1. The summed E-state index contributed by atoms with van der Waals surface area (Å²) in [7, 11) is 1.30. The zero-order valence-electron chi connectivity index (χ0n) is 36.6. The van der Waals surface area contributed by atoms with Crippen molar-refractivity contribution in [2.75, 3.05) is 26.8 Å². The van der Waals surface area contributed by atoms with Crippen LogP contribution in [-0.4, -0.2) is 92.6 Å². The highest BCUT2D eigenvalue weighted by atomic mass is 32.1. The van der Waals surface area contributed by atoms with Gasteiger partial charge in [-0.15, -0.1) is 11.3 Å². The van der Waals surface area contributed by atoms with Crippen LogP contribution in [0.5, 0.6) is 0 Å². The molecule has 5 aromatic rings. The molecule has 7 rings (SSSR count). The highest BCUT2D eigenvalue weighted by molar-refractivity contribution is 7.21. The van der Waals surface area contributed by atoms with Crippen molar-refractivity contribution in [1.82, 2.24) is 40.4 Å². The smallest absolute Gasteiger partial charge is 0.407 e. The Balaban J connectivity index is 0.987. The van der Waals surface area contributed by atoms with Crippen LogP contribution in [0.25, 0.3) is 31.9 Å². The van der Waals surface area contributed by atoms with Crippen molar-refractivity contribution in [3.05, 3.63) is 83.7 Å². The van der Waals surface area contributed by atoms with Gasteiger partial charge in [-0.3, -0.25) is 9.59 Å². The second-order valence-electron chi connectivity index (χ2n) is 17.2. The number of nitrogens with one attached hydrogen (secondary N) is 4.